The average Bonchev–Trinajstić information content (AvgIpc) is 2.88. The van der Waals surface area contributed by atoms with Crippen molar-refractivity contribution in [3.63, 3.8) is 0 Å². The maximum atomic E-state index is 13.2. The Balaban J connectivity index is 1.99. The molecule has 1 saturated heterocycles. The van der Waals surface area contributed by atoms with E-state index in [4.69, 9.17) is 11.6 Å². The minimum atomic E-state index is -3.12. The number of rotatable bonds is 6. The van der Waals surface area contributed by atoms with Crippen LogP contribution in [0.5, 0.6) is 0 Å². The molecule has 150 valence electrons. The monoisotopic (exact) mass is 419 g/mol. The zero-order valence-electron chi connectivity index (χ0n) is 15.1. The van der Waals surface area contributed by atoms with Crippen LogP contribution in [0, 0.1) is 11.7 Å². The normalized spacial score (nSPS) is 19.5. The number of hydrogen-bond donors (Lipinski definition) is 3. The van der Waals surface area contributed by atoms with E-state index in [-0.39, 0.29) is 22.4 Å². The lowest BCUT2D eigenvalue weighted by atomic mass is 10.0. The van der Waals surface area contributed by atoms with Gasteiger partial charge in [-0.05, 0) is 37.0 Å². The summed E-state index contributed by atoms with van der Waals surface area (Å²) >= 11 is 5.71. The first kappa shape index (κ1) is 21.4. The van der Waals surface area contributed by atoms with Crippen LogP contribution in [-0.2, 0) is 14.6 Å². The van der Waals surface area contributed by atoms with Crippen LogP contribution in [0.15, 0.2) is 18.2 Å². The summed E-state index contributed by atoms with van der Waals surface area (Å²) < 4.78 is 36.2. The van der Waals surface area contributed by atoms with Crippen LogP contribution in [0.3, 0.4) is 0 Å². The van der Waals surface area contributed by atoms with Crippen molar-refractivity contribution in [1.29, 1.82) is 0 Å². The number of amides is 3. The largest absolute Gasteiger partial charge is 0.334 e. The first-order valence-corrected chi connectivity index (χ1v) is 10.8. The van der Waals surface area contributed by atoms with Gasteiger partial charge in [-0.2, -0.15) is 0 Å². The van der Waals surface area contributed by atoms with Gasteiger partial charge in [0.2, 0.25) is 5.91 Å². The number of hydrogen-bond acceptors (Lipinski definition) is 4. The van der Waals surface area contributed by atoms with Gasteiger partial charge in [-0.25, -0.2) is 17.6 Å². The van der Waals surface area contributed by atoms with Crippen molar-refractivity contribution >= 4 is 39.1 Å². The van der Waals surface area contributed by atoms with Gasteiger partial charge in [-0.1, -0.05) is 25.4 Å². The lowest BCUT2D eigenvalue weighted by Crippen LogP contribution is -2.51. The highest BCUT2D eigenvalue weighted by Crippen LogP contribution is 2.20. The molecular formula is C17H23ClFN3O4S. The second-order valence-corrected chi connectivity index (χ2v) is 9.65. The Morgan fingerprint density at radius 1 is 1.33 bits per heavy atom. The van der Waals surface area contributed by atoms with Crippen LogP contribution in [0.1, 0.15) is 26.7 Å². The summed E-state index contributed by atoms with van der Waals surface area (Å²) in [4.78, 5) is 24.7. The van der Waals surface area contributed by atoms with E-state index in [9.17, 15) is 22.4 Å². The highest BCUT2D eigenvalue weighted by atomic mass is 35.5. The third-order valence-electron chi connectivity index (χ3n) is 4.08. The SMILES string of the molecule is CC(C)CC(NC(=O)NC1CCS(=O)(=O)C1)C(=O)Nc1ccc(F)c(Cl)c1. The van der Waals surface area contributed by atoms with Crippen molar-refractivity contribution in [2.75, 3.05) is 16.8 Å². The number of anilines is 1. The molecule has 0 aromatic heterocycles. The quantitative estimate of drug-likeness (QED) is 0.658. The van der Waals surface area contributed by atoms with Gasteiger partial charge in [-0.15, -0.1) is 0 Å². The summed E-state index contributed by atoms with van der Waals surface area (Å²) in [5, 5.41) is 7.65. The molecule has 0 bridgehead atoms. The molecule has 27 heavy (non-hydrogen) atoms. The number of nitrogens with one attached hydrogen (secondary N) is 3. The Morgan fingerprint density at radius 3 is 2.59 bits per heavy atom. The number of halogens is 2. The van der Waals surface area contributed by atoms with Crippen molar-refractivity contribution in [2.45, 2.75) is 38.8 Å². The summed E-state index contributed by atoms with van der Waals surface area (Å²) in [7, 11) is -3.12. The first-order valence-electron chi connectivity index (χ1n) is 8.59. The zero-order valence-corrected chi connectivity index (χ0v) is 16.7. The number of urea groups is 1. The van der Waals surface area contributed by atoms with Gasteiger partial charge in [0.15, 0.2) is 9.84 Å². The summed E-state index contributed by atoms with van der Waals surface area (Å²) in [6.45, 7) is 3.80. The van der Waals surface area contributed by atoms with Gasteiger partial charge >= 0.3 is 6.03 Å². The summed E-state index contributed by atoms with van der Waals surface area (Å²) in [6, 6.07) is 1.88. The van der Waals surface area contributed by atoms with Crippen LogP contribution in [0.4, 0.5) is 14.9 Å². The Kier molecular flexibility index (Phi) is 7.05. The standard InChI is InChI=1S/C17H23ClFN3O4S/c1-10(2)7-15(16(23)20-11-3-4-14(19)13(18)8-11)22-17(24)21-12-5-6-27(25,26)9-12/h3-4,8,10,12,15H,5-7,9H2,1-2H3,(H,20,23)(H2,21,22,24). The van der Waals surface area contributed by atoms with Gasteiger partial charge in [-0.3, -0.25) is 4.79 Å². The van der Waals surface area contributed by atoms with Gasteiger partial charge in [0.05, 0.1) is 16.5 Å². The van der Waals surface area contributed by atoms with Crippen molar-refractivity contribution < 1.29 is 22.4 Å². The van der Waals surface area contributed by atoms with Crippen LogP contribution in [0.25, 0.3) is 0 Å². The molecule has 1 aliphatic heterocycles. The zero-order chi connectivity index (χ0) is 20.2. The van der Waals surface area contributed by atoms with Crippen molar-refractivity contribution in [2.24, 2.45) is 5.92 Å². The molecule has 0 saturated carbocycles. The molecule has 2 unspecified atom stereocenters. The number of carbonyl (C=O) groups excluding carboxylic acids is 2. The molecule has 1 heterocycles. The van der Waals surface area contributed by atoms with E-state index in [1.165, 1.54) is 12.1 Å². The van der Waals surface area contributed by atoms with E-state index >= 15 is 0 Å². The molecule has 2 rings (SSSR count). The lowest BCUT2D eigenvalue weighted by molar-refractivity contribution is -0.118. The highest BCUT2D eigenvalue weighted by molar-refractivity contribution is 7.91. The van der Waals surface area contributed by atoms with Gasteiger partial charge in [0.1, 0.15) is 11.9 Å². The number of carbonyl (C=O) groups is 2. The molecule has 7 nitrogen and oxygen atoms in total. The Bertz CT molecular complexity index is 816. The summed E-state index contributed by atoms with van der Waals surface area (Å²) in [6.07, 6.45) is 0.724. The van der Waals surface area contributed by atoms with Crippen LogP contribution in [-0.4, -0.2) is 43.9 Å². The molecule has 3 N–H and O–H groups in total. The molecule has 0 spiro atoms. The number of sulfone groups is 1. The fourth-order valence-corrected chi connectivity index (χ4v) is 4.65. The summed E-state index contributed by atoms with van der Waals surface area (Å²) in [5.74, 6) is -1.02. The smallest absolute Gasteiger partial charge is 0.315 e. The first-order chi connectivity index (χ1) is 12.6. The summed E-state index contributed by atoms with van der Waals surface area (Å²) in [5.41, 5.74) is 0.309. The molecule has 0 radical (unpaired) electrons. The number of benzene rings is 1. The predicted octanol–water partition coefficient (Wildman–Crippen LogP) is 2.32. The molecular weight excluding hydrogens is 397 g/mol. The van der Waals surface area contributed by atoms with E-state index < -0.39 is 39.7 Å². The van der Waals surface area contributed by atoms with Gasteiger partial charge in [0, 0.05) is 11.7 Å². The van der Waals surface area contributed by atoms with Gasteiger partial charge in [0.25, 0.3) is 0 Å². The minimum absolute atomic E-state index is 0.0409. The maximum absolute atomic E-state index is 13.2. The molecule has 0 aliphatic carbocycles. The van der Waals surface area contributed by atoms with E-state index in [0.717, 1.165) is 6.07 Å². The Morgan fingerprint density at radius 2 is 2.04 bits per heavy atom. The highest BCUT2D eigenvalue weighted by Gasteiger charge is 2.30. The average molecular weight is 420 g/mol. The Labute approximate surface area is 163 Å². The lowest BCUT2D eigenvalue weighted by Gasteiger charge is -2.21. The molecule has 1 aliphatic rings. The molecule has 1 aromatic rings. The maximum Gasteiger partial charge on any atom is 0.315 e. The topological polar surface area (TPSA) is 104 Å². The Hall–Kier alpha value is -1.87. The second-order valence-electron chi connectivity index (χ2n) is 7.02. The molecule has 3 amide bonds. The van der Waals surface area contributed by atoms with Crippen molar-refractivity contribution in [3.05, 3.63) is 29.0 Å². The van der Waals surface area contributed by atoms with Crippen LogP contribution in [0.2, 0.25) is 5.02 Å². The third kappa shape index (κ3) is 6.66. The third-order valence-corrected chi connectivity index (χ3v) is 6.14. The fourth-order valence-electron chi connectivity index (χ4n) is 2.80. The van der Waals surface area contributed by atoms with Crippen molar-refractivity contribution in [1.82, 2.24) is 10.6 Å². The molecule has 1 aromatic carbocycles. The van der Waals surface area contributed by atoms with Crippen LogP contribution < -0.4 is 16.0 Å². The van der Waals surface area contributed by atoms with E-state index in [1.807, 2.05) is 13.8 Å². The molecule has 10 heteroatoms. The molecule has 1 fully saturated rings. The van der Waals surface area contributed by atoms with Gasteiger partial charge < -0.3 is 16.0 Å². The van der Waals surface area contributed by atoms with E-state index in [1.54, 1.807) is 0 Å². The van der Waals surface area contributed by atoms with E-state index in [0.29, 0.717) is 18.5 Å². The van der Waals surface area contributed by atoms with E-state index in [2.05, 4.69) is 16.0 Å². The minimum Gasteiger partial charge on any atom is -0.334 e. The fraction of sp³-hybridized carbons (Fsp3) is 0.529. The predicted molar refractivity (Wildman–Crippen MR) is 102 cm³/mol. The van der Waals surface area contributed by atoms with Crippen LogP contribution >= 0.6 is 11.6 Å². The second kappa shape index (κ2) is 8.88. The molecule has 2 atom stereocenters. The van der Waals surface area contributed by atoms with Crippen molar-refractivity contribution in [3.8, 4) is 0 Å².